The summed E-state index contributed by atoms with van der Waals surface area (Å²) in [5.41, 5.74) is 1.98. The van der Waals surface area contributed by atoms with Crippen LogP contribution in [0, 0.1) is 0 Å². The molecule has 1 aliphatic rings. The Bertz CT molecular complexity index is 710. The van der Waals surface area contributed by atoms with Crippen LogP contribution in [0.4, 0.5) is 0 Å². The van der Waals surface area contributed by atoms with Crippen molar-refractivity contribution in [2.75, 3.05) is 6.61 Å². The van der Waals surface area contributed by atoms with Crippen LogP contribution in [0.5, 0.6) is 0 Å². The third-order valence-corrected chi connectivity index (χ3v) is 5.24. The van der Waals surface area contributed by atoms with Crippen molar-refractivity contribution >= 4 is 16.7 Å². The van der Waals surface area contributed by atoms with E-state index in [4.69, 9.17) is 9.73 Å². The van der Waals surface area contributed by atoms with Crippen LogP contribution in [0.1, 0.15) is 31.0 Å². The summed E-state index contributed by atoms with van der Waals surface area (Å²) in [4.78, 5) is 5.49. The first-order valence-corrected chi connectivity index (χ1v) is 8.63. The van der Waals surface area contributed by atoms with Gasteiger partial charge in [-0.25, -0.2) is 4.99 Å². The van der Waals surface area contributed by atoms with E-state index in [-0.39, 0.29) is 11.3 Å². The minimum absolute atomic E-state index is 0.0109. The van der Waals surface area contributed by atoms with Crippen LogP contribution in [0.2, 0.25) is 0 Å². The first kappa shape index (κ1) is 15.0. The molecule has 3 rings (SSSR count). The largest absolute Gasteiger partial charge is 0.475 e. The molecule has 114 valence electrons. The Morgan fingerprint density at radius 2 is 1.77 bits per heavy atom. The number of benzene rings is 2. The van der Waals surface area contributed by atoms with E-state index in [0.717, 1.165) is 16.0 Å². The summed E-state index contributed by atoms with van der Waals surface area (Å²) in [7, 11) is -1.06. The number of hydrogen-bond acceptors (Lipinski definition) is 3. The van der Waals surface area contributed by atoms with Crippen LogP contribution in [0.3, 0.4) is 0 Å². The smallest absolute Gasteiger partial charge is 0.218 e. The fourth-order valence-electron chi connectivity index (χ4n) is 2.44. The predicted octanol–water partition coefficient (Wildman–Crippen LogP) is 3.72. The first-order valence-electron chi connectivity index (χ1n) is 7.42. The van der Waals surface area contributed by atoms with E-state index >= 15 is 0 Å². The second-order valence-corrected chi connectivity index (χ2v) is 7.49. The van der Waals surface area contributed by atoms with Gasteiger partial charge in [0.1, 0.15) is 12.6 Å². The van der Waals surface area contributed by atoms with Crippen LogP contribution in [-0.4, -0.2) is 22.0 Å². The van der Waals surface area contributed by atoms with Crippen molar-refractivity contribution in [3.05, 3.63) is 65.7 Å². The molecule has 1 heterocycles. The Morgan fingerprint density at radius 3 is 2.50 bits per heavy atom. The quantitative estimate of drug-likeness (QED) is 0.863. The summed E-state index contributed by atoms with van der Waals surface area (Å²) in [5.74, 6) is 0.596. The van der Waals surface area contributed by atoms with Gasteiger partial charge in [0.2, 0.25) is 5.90 Å². The summed E-state index contributed by atoms with van der Waals surface area (Å²) in [6.07, 6.45) is 0. The molecule has 2 aromatic carbocycles. The van der Waals surface area contributed by atoms with E-state index in [0.29, 0.717) is 12.5 Å². The molecule has 3 nitrogen and oxygen atoms in total. The first-order chi connectivity index (χ1) is 10.7. The van der Waals surface area contributed by atoms with Gasteiger partial charge in [-0.2, -0.15) is 0 Å². The summed E-state index contributed by atoms with van der Waals surface area (Å²) >= 11 is 0. The molecule has 4 heteroatoms. The van der Waals surface area contributed by atoms with Crippen LogP contribution in [-0.2, 0) is 15.5 Å². The molecule has 2 aromatic rings. The van der Waals surface area contributed by atoms with Gasteiger partial charge in [-0.1, -0.05) is 56.3 Å². The van der Waals surface area contributed by atoms with E-state index in [2.05, 4.69) is 12.1 Å². The SMILES string of the molecule is CC(C)[S@@](=O)c1ccccc1C1=N[C@@H](c2ccccc2)CO1. The van der Waals surface area contributed by atoms with Gasteiger partial charge in [-0.05, 0) is 17.7 Å². The van der Waals surface area contributed by atoms with Gasteiger partial charge in [0.25, 0.3) is 0 Å². The zero-order chi connectivity index (χ0) is 15.5. The molecule has 0 saturated heterocycles. The Labute approximate surface area is 133 Å². The third kappa shape index (κ3) is 2.97. The topological polar surface area (TPSA) is 38.7 Å². The lowest BCUT2D eigenvalue weighted by molar-refractivity contribution is 0.319. The minimum atomic E-state index is -1.06. The zero-order valence-corrected chi connectivity index (χ0v) is 13.5. The Kier molecular flexibility index (Phi) is 4.39. The Hall–Kier alpha value is -1.94. The second-order valence-electron chi connectivity index (χ2n) is 5.51. The number of nitrogens with zero attached hydrogens (tertiary/aromatic N) is 1. The van der Waals surface area contributed by atoms with Crippen LogP contribution in [0.15, 0.2) is 64.5 Å². The number of hydrogen-bond donors (Lipinski definition) is 0. The molecular formula is C18H19NO2S. The summed E-state index contributed by atoms with van der Waals surface area (Å²) < 4.78 is 18.3. The van der Waals surface area contributed by atoms with E-state index in [1.807, 2.05) is 56.3 Å². The monoisotopic (exact) mass is 313 g/mol. The van der Waals surface area contributed by atoms with Crippen LogP contribution >= 0.6 is 0 Å². The Balaban J connectivity index is 1.94. The van der Waals surface area contributed by atoms with Crippen molar-refractivity contribution in [3.8, 4) is 0 Å². The molecule has 0 aliphatic carbocycles. The molecule has 0 bridgehead atoms. The van der Waals surface area contributed by atoms with Crippen LogP contribution in [0.25, 0.3) is 0 Å². The summed E-state index contributed by atoms with van der Waals surface area (Å²) in [6, 6.07) is 17.8. The lowest BCUT2D eigenvalue weighted by Gasteiger charge is -2.10. The predicted molar refractivity (Wildman–Crippen MR) is 89.7 cm³/mol. The lowest BCUT2D eigenvalue weighted by atomic mass is 10.1. The Morgan fingerprint density at radius 1 is 1.09 bits per heavy atom. The molecule has 0 fully saturated rings. The normalized spacial score (nSPS) is 18.9. The minimum Gasteiger partial charge on any atom is -0.475 e. The van der Waals surface area contributed by atoms with Gasteiger partial charge in [-0.15, -0.1) is 0 Å². The maximum Gasteiger partial charge on any atom is 0.218 e. The van der Waals surface area contributed by atoms with Crippen molar-refractivity contribution in [2.45, 2.75) is 30.0 Å². The molecule has 0 spiro atoms. The molecule has 0 amide bonds. The van der Waals surface area contributed by atoms with E-state index < -0.39 is 10.8 Å². The maximum absolute atomic E-state index is 12.5. The number of aliphatic imine (C=N–C) groups is 1. The van der Waals surface area contributed by atoms with Crippen molar-refractivity contribution in [2.24, 2.45) is 4.99 Å². The van der Waals surface area contributed by atoms with Gasteiger partial charge in [-0.3, -0.25) is 4.21 Å². The average Bonchev–Trinajstić information content (AvgIpc) is 3.05. The van der Waals surface area contributed by atoms with Gasteiger partial charge >= 0.3 is 0 Å². The highest BCUT2D eigenvalue weighted by molar-refractivity contribution is 7.85. The average molecular weight is 313 g/mol. The van der Waals surface area contributed by atoms with Crippen molar-refractivity contribution in [1.82, 2.24) is 0 Å². The molecule has 0 saturated carbocycles. The molecule has 0 unspecified atom stereocenters. The lowest BCUT2D eigenvalue weighted by Crippen LogP contribution is -2.12. The van der Waals surface area contributed by atoms with Crippen molar-refractivity contribution < 1.29 is 8.95 Å². The molecular weight excluding hydrogens is 294 g/mol. The van der Waals surface area contributed by atoms with E-state index in [1.165, 1.54) is 0 Å². The second kappa shape index (κ2) is 6.44. The highest BCUT2D eigenvalue weighted by Crippen LogP contribution is 2.27. The van der Waals surface area contributed by atoms with Crippen molar-refractivity contribution in [1.29, 1.82) is 0 Å². The third-order valence-electron chi connectivity index (χ3n) is 3.60. The van der Waals surface area contributed by atoms with Gasteiger partial charge < -0.3 is 4.74 Å². The summed E-state index contributed by atoms with van der Waals surface area (Å²) in [5, 5.41) is 0.0630. The van der Waals surface area contributed by atoms with Gasteiger partial charge in [0.15, 0.2) is 0 Å². The van der Waals surface area contributed by atoms with Crippen molar-refractivity contribution in [3.63, 3.8) is 0 Å². The number of rotatable bonds is 4. The van der Waals surface area contributed by atoms with Gasteiger partial charge in [0.05, 0.1) is 21.3 Å². The zero-order valence-electron chi connectivity index (χ0n) is 12.7. The molecule has 0 N–H and O–H groups in total. The highest BCUT2D eigenvalue weighted by atomic mass is 32.2. The van der Waals surface area contributed by atoms with Gasteiger partial charge in [0, 0.05) is 5.25 Å². The molecule has 0 aromatic heterocycles. The van der Waals surface area contributed by atoms with E-state index in [1.54, 1.807) is 0 Å². The number of ether oxygens (including phenoxy) is 1. The fourth-order valence-corrected chi connectivity index (χ4v) is 3.53. The van der Waals surface area contributed by atoms with E-state index in [9.17, 15) is 4.21 Å². The molecule has 22 heavy (non-hydrogen) atoms. The van der Waals surface area contributed by atoms with Crippen LogP contribution < -0.4 is 0 Å². The molecule has 2 atom stereocenters. The highest BCUT2D eigenvalue weighted by Gasteiger charge is 2.25. The summed E-state index contributed by atoms with van der Waals surface area (Å²) in [6.45, 7) is 4.44. The molecule has 1 aliphatic heterocycles. The fraction of sp³-hybridized carbons (Fsp3) is 0.278. The maximum atomic E-state index is 12.5. The molecule has 0 radical (unpaired) electrons. The standard InChI is InChI=1S/C18H19NO2S/c1-13(2)22(20)17-11-7-6-10-15(17)18-19-16(12-21-18)14-8-4-3-5-9-14/h3-11,13,16H,12H2,1-2H3/t16-,22-/m1/s1.